The molecule has 4 atom stereocenters. The monoisotopic (exact) mass is 295 g/mol. The lowest BCUT2D eigenvalue weighted by Crippen LogP contribution is -2.38. The molecule has 2 aromatic rings. The lowest BCUT2D eigenvalue weighted by molar-refractivity contribution is 0.185. The maximum Gasteiger partial charge on any atom is 0.119 e. The van der Waals surface area contributed by atoms with Gasteiger partial charge in [-0.1, -0.05) is 24.3 Å². The van der Waals surface area contributed by atoms with Crippen LogP contribution in [-0.4, -0.2) is 32.1 Å². The van der Waals surface area contributed by atoms with Crippen molar-refractivity contribution in [2.24, 2.45) is 11.8 Å². The zero-order valence-electron chi connectivity index (χ0n) is 13.8. The van der Waals surface area contributed by atoms with Gasteiger partial charge in [-0.25, -0.2) is 0 Å². The molecule has 0 amide bonds. The largest absolute Gasteiger partial charge is 0.497 e. The van der Waals surface area contributed by atoms with E-state index in [9.17, 15) is 0 Å². The summed E-state index contributed by atoms with van der Waals surface area (Å²) in [5.41, 5.74) is 1.53. The minimum Gasteiger partial charge on any atom is -0.497 e. The van der Waals surface area contributed by atoms with Gasteiger partial charge < -0.3 is 9.64 Å². The van der Waals surface area contributed by atoms with Crippen LogP contribution in [0.25, 0.3) is 10.8 Å². The summed E-state index contributed by atoms with van der Waals surface area (Å²) in [5.74, 6) is 3.43. The van der Waals surface area contributed by atoms with Crippen molar-refractivity contribution in [2.45, 2.75) is 31.2 Å². The molecule has 2 aromatic carbocycles. The van der Waals surface area contributed by atoms with Crippen molar-refractivity contribution in [2.75, 3.05) is 21.2 Å². The molecule has 0 aliphatic heterocycles. The lowest BCUT2D eigenvalue weighted by Gasteiger charge is -2.36. The van der Waals surface area contributed by atoms with E-state index in [0.717, 1.165) is 23.6 Å². The first-order valence-electron chi connectivity index (χ1n) is 8.41. The number of hydrogen-bond acceptors (Lipinski definition) is 2. The molecule has 116 valence electrons. The smallest absolute Gasteiger partial charge is 0.119 e. The molecule has 2 aliphatic rings. The number of methoxy groups -OCH3 is 1. The van der Waals surface area contributed by atoms with Gasteiger partial charge in [0.05, 0.1) is 7.11 Å². The van der Waals surface area contributed by atoms with Crippen molar-refractivity contribution in [3.05, 3.63) is 42.0 Å². The van der Waals surface area contributed by atoms with Crippen LogP contribution in [0.4, 0.5) is 0 Å². The number of ether oxygens (including phenoxy) is 1. The molecule has 2 nitrogen and oxygen atoms in total. The van der Waals surface area contributed by atoms with Crippen LogP contribution in [0.5, 0.6) is 5.75 Å². The minimum absolute atomic E-state index is 0.709. The predicted octanol–water partition coefficient (Wildman–Crippen LogP) is 4.29. The fourth-order valence-electron chi connectivity index (χ4n) is 5.05. The number of rotatable bonds is 3. The normalized spacial score (nSPS) is 30.4. The molecule has 2 fully saturated rings. The predicted molar refractivity (Wildman–Crippen MR) is 91.5 cm³/mol. The third kappa shape index (κ3) is 2.13. The number of benzene rings is 2. The molecule has 0 aromatic heterocycles. The van der Waals surface area contributed by atoms with E-state index >= 15 is 0 Å². The molecule has 0 heterocycles. The summed E-state index contributed by atoms with van der Waals surface area (Å²) in [5, 5.41) is 2.60. The average molecular weight is 295 g/mol. The van der Waals surface area contributed by atoms with E-state index in [1.54, 1.807) is 7.11 Å². The van der Waals surface area contributed by atoms with Crippen LogP contribution in [0.1, 0.15) is 30.7 Å². The van der Waals surface area contributed by atoms with Crippen LogP contribution in [0, 0.1) is 11.8 Å². The molecule has 2 saturated carbocycles. The maximum atomic E-state index is 5.33. The Morgan fingerprint density at radius 1 is 0.955 bits per heavy atom. The molecule has 2 bridgehead atoms. The Bertz CT molecular complexity index is 693. The van der Waals surface area contributed by atoms with Gasteiger partial charge in [0, 0.05) is 12.0 Å². The van der Waals surface area contributed by atoms with Crippen LogP contribution >= 0.6 is 0 Å². The molecule has 0 spiro atoms. The summed E-state index contributed by atoms with van der Waals surface area (Å²) in [6, 6.07) is 14.1. The van der Waals surface area contributed by atoms with Crippen LogP contribution in [0.2, 0.25) is 0 Å². The van der Waals surface area contributed by atoms with Gasteiger partial charge in [-0.2, -0.15) is 0 Å². The summed E-state index contributed by atoms with van der Waals surface area (Å²) < 4.78 is 5.33. The van der Waals surface area contributed by atoms with Crippen LogP contribution in [-0.2, 0) is 0 Å². The van der Waals surface area contributed by atoms with Gasteiger partial charge in [0.2, 0.25) is 0 Å². The van der Waals surface area contributed by atoms with Crippen molar-refractivity contribution < 1.29 is 4.74 Å². The highest BCUT2D eigenvalue weighted by Crippen LogP contribution is 2.54. The first-order valence-corrected chi connectivity index (χ1v) is 8.41. The molecule has 0 radical (unpaired) electrons. The van der Waals surface area contributed by atoms with Gasteiger partial charge in [-0.05, 0) is 73.7 Å². The van der Waals surface area contributed by atoms with E-state index in [-0.39, 0.29) is 0 Å². The van der Waals surface area contributed by atoms with Gasteiger partial charge in [0.15, 0.2) is 0 Å². The molecular weight excluding hydrogens is 270 g/mol. The zero-order valence-corrected chi connectivity index (χ0v) is 13.8. The van der Waals surface area contributed by atoms with Crippen molar-refractivity contribution in [1.29, 1.82) is 0 Å². The second-order valence-corrected chi connectivity index (χ2v) is 7.29. The van der Waals surface area contributed by atoms with Crippen molar-refractivity contribution >= 4 is 10.8 Å². The van der Waals surface area contributed by atoms with E-state index in [4.69, 9.17) is 4.74 Å². The van der Waals surface area contributed by atoms with Crippen LogP contribution < -0.4 is 4.74 Å². The summed E-state index contributed by atoms with van der Waals surface area (Å²) in [7, 11) is 6.24. The highest BCUT2D eigenvalue weighted by molar-refractivity contribution is 5.84. The van der Waals surface area contributed by atoms with Gasteiger partial charge in [0.1, 0.15) is 5.75 Å². The van der Waals surface area contributed by atoms with Crippen LogP contribution in [0.3, 0.4) is 0 Å². The topological polar surface area (TPSA) is 12.5 Å². The highest BCUT2D eigenvalue weighted by Gasteiger charge is 2.48. The number of hydrogen-bond donors (Lipinski definition) is 0. The third-order valence-electron chi connectivity index (χ3n) is 5.93. The molecule has 0 saturated heterocycles. The molecule has 2 heteroatoms. The van der Waals surface area contributed by atoms with E-state index in [2.05, 4.69) is 55.4 Å². The van der Waals surface area contributed by atoms with E-state index < -0.39 is 0 Å². The maximum absolute atomic E-state index is 5.33. The Labute approximate surface area is 133 Å². The van der Waals surface area contributed by atoms with Gasteiger partial charge in [-0.15, -0.1) is 0 Å². The standard InChI is InChI=1S/C20H25NO/c1-21(2)20-17-7-6-16(11-17)19(20)15-5-4-14-12-18(22-3)9-8-13(14)10-15/h4-5,8-10,12,16-17,19-20H,6-7,11H2,1-3H3. The molecule has 0 N–H and O–H groups in total. The van der Waals surface area contributed by atoms with E-state index in [1.165, 1.54) is 35.6 Å². The van der Waals surface area contributed by atoms with Gasteiger partial charge in [-0.3, -0.25) is 0 Å². The Hall–Kier alpha value is -1.54. The summed E-state index contributed by atoms with van der Waals surface area (Å²) >= 11 is 0. The Balaban J connectivity index is 1.74. The fourth-order valence-corrected chi connectivity index (χ4v) is 5.05. The average Bonchev–Trinajstić information content (AvgIpc) is 3.14. The first kappa shape index (κ1) is 14.1. The lowest BCUT2D eigenvalue weighted by atomic mass is 9.79. The zero-order chi connectivity index (χ0) is 15.3. The Morgan fingerprint density at radius 3 is 2.45 bits per heavy atom. The number of likely N-dealkylation sites (N-methyl/N-ethyl adjacent to an activating group) is 1. The Kier molecular flexibility index (Phi) is 3.37. The summed E-state index contributed by atoms with van der Waals surface area (Å²) in [6.45, 7) is 0. The molecule has 4 rings (SSSR count). The second-order valence-electron chi connectivity index (χ2n) is 7.29. The first-order chi connectivity index (χ1) is 10.7. The molecule has 2 aliphatic carbocycles. The number of fused-ring (bicyclic) bond motifs is 3. The summed E-state index contributed by atoms with van der Waals surface area (Å²) in [6.07, 6.45) is 4.27. The number of nitrogens with zero attached hydrogens (tertiary/aromatic N) is 1. The Morgan fingerprint density at radius 2 is 1.68 bits per heavy atom. The van der Waals surface area contributed by atoms with Gasteiger partial charge >= 0.3 is 0 Å². The quantitative estimate of drug-likeness (QED) is 0.837. The third-order valence-corrected chi connectivity index (χ3v) is 5.93. The molecule has 4 unspecified atom stereocenters. The fraction of sp³-hybridized carbons (Fsp3) is 0.500. The van der Waals surface area contributed by atoms with Crippen molar-refractivity contribution in [1.82, 2.24) is 4.90 Å². The van der Waals surface area contributed by atoms with E-state index in [1.807, 2.05) is 0 Å². The molecule has 22 heavy (non-hydrogen) atoms. The van der Waals surface area contributed by atoms with E-state index in [0.29, 0.717) is 5.92 Å². The van der Waals surface area contributed by atoms with Crippen molar-refractivity contribution in [3.63, 3.8) is 0 Å². The van der Waals surface area contributed by atoms with Crippen molar-refractivity contribution in [3.8, 4) is 5.75 Å². The summed E-state index contributed by atoms with van der Waals surface area (Å²) in [4.78, 5) is 2.46. The van der Waals surface area contributed by atoms with Gasteiger partial charge in [0.25, 0.3) is 0 Å². The minimum atomic E-state index is 0.709. The SMILES string of the molecule is COc1ccc2cc(C3C4CCC(C4)C3N(C)C)ccc2c1. The highest BCUT2D eigenvalue weighted by atomic mass is 16.5. The molecular formula is C20H25NO. The van der Waals surface area contributed by atoms with Crippen LogP contribution in [0.15, 0.2) is 36.4 Å². The second kappa shape index (κ2) is 5.27.